The van der Waals surface area contributed by atoms with Crippen molar-refractivity contribution in [3.63, 3.8) is 0 Å². The van der Waals surface area contributed by atoms with Crippen molar-refractivity contribution in [3.8, 4) is 0 Å². The largest absolute Gasteiger partial charge is 0.313 e. The minimum atomic E-state index is 0.679. The molecule has 1 N–H and O–H groups in total. The summed E-state index contributed by atoms with van der Waals surface area (Å²) in [6.45, 7) is 0.990. The molecular formula is C16H23N5. The van der Waals surface area contributed by atoms with Gasteiger partial charge in [0.25, 0.3) is 0 Å². The molecule has 0 radical (unpaired) electrons. The van der Waals surface area contributed by atoms with Gasteiger partial charge < -0.3 is 10.2 Å². The maximum atomic E-state index is 4.30. The molecule has 2 unspecified atom stereocenters. The summed E-state index contributed by atoms with van der Waals surface area (Å²) in [4.78, 5) is 2.59. The Kier molecular flexibility index (Phi) is 3.39. The van der Waals surface area contributed by atoms with E-state index in [2.05, 4.69) is 31.9 Å². The van der Waals surface area contributed by atoms with Gasteiger partial charge in [0.2, 0.25) is 0 Å². The van der Waals surface area contributed by atoms with Gasteiger partial charge in [-0.1, -0.05) is 6.07 Å². The average molecular weight is 285 g/mol. The van der Waals surface area contributed by atoms with Gasteiger partial charge in [0.05, 0.1) is 0 Å². The molecule has 21 heavy (non-hydrogen) atoms. The number of nitrogens with one attached hydrogen (secondary N) is 1. The molecule has 0 amide bonds. The fraction of sp³-hybridized carbons (Fsp3) is 0.625. The van der Waals surface area contributed by atoms with Crippen molar-refractivity contribution >= 4 is 5.65 Å². The molecule has 4 heterocycles. The quantitative estimate of drug-likeness (QED) is 0.924. The highest BCUT2D eigenvalue weighted by Gasteiger charge is 2.37. The van der Waals surface area contributed by atoms with Crippen molar-refractivity contribution in [1.29, 1.82) is 0 Å². The van der Waals surface area contributed by atoms with E-state index in [1.54, 1.807) is 0 Å². The maximum Gasteiger partial charge on any atom is 0.160 e. The van der Waals surface area contributed by atoms with Crippen molar-refractivity contribution in [2.75, 3.05) is 13.6 Å². The molecule has 0 aliphatic carbocycles. The van der Waals surface area contributed by atoms with Gasteiger partial charge in [0.1, 0.15) is 5.82 Å². The number of hydrogen-bond acceptors (Lipinski definition) is 4. The Labute approximate surface area is 125 Å². The van der Waals surface area contributed by atoms with Crippen LogP contribution in [0.3, 0.4) is 0 Å². The predicted octanol–water partition coefficient (Wildman–Crippen LogP) is 1.49. The molecule has 0 saturated carbocycles. The number of hydrogen-bond donors (Lipinski definition) is 1. The van der Waals surface area contributed by atoms with Crippen LogP contribution in [0, 0.1) is 0 Å². The summed E-state index contributed by atoms with van der Waals surface area (Å²) in [7, 11) is 2.29. The summed E-state index contributed by atoms with van der Waals surface area (Å²) in [5.41, 5.74) is 0.935. The van der Waals surface area contributed by atoms with Crippen LogP contribution in [-0.2, 0) is 6.42 Å². The van der Waals surface area contributed by atoms with E-state index in [4.69, 9.17) is 0 Å². The van der Waals surface area contributed by atoms with E-state index in [0.717, 1.165) is 36.5 Å². The SMILES string of the molecule is CN1C2CCC1CC(NCCc1nnc3ccccn13)C2. The summed E-state index contributed by atoms with van der Waals surface area (Å²) >= 11 is 0. The molecule has 0 aromatic carbocycles. The smallest absolute Gasteiger partial charge is 0.160 e. The normalized spacial score (nSPS) is 29.3. The summed E-state index contributed by atoms with van der Waals surface area (Å²) < 4.78 is 2.08. The van der Waals surface area contributed by atoms with E-state index in [-0.39, 0.29) is 0 Å². The molecule has 2 aliphatic heterocycles. The number of aromatic nitrogens is 3. The van der Waals surface area contributed by atoms with Crippen LogP contribution in [0.25, 0.3) is 5.65 Å². The zero-order valence-electron chi connectivity index (χ0n) is 12.6. The number of nitrogens with zero attached hydrogens (tertiary/aromatic N) is 4. The number of piperidine rings is 1. The summed E-state index contributed by atoms with van der Waals surface area (Å²) in [6.07, 6.45) is 8.34. The van der Waals surface area contributed by atoms with Crippen molar-refractivity contribution in [1.82, 2.24) is 24.8 Å². The lowest BCUT2D eigenvalue weighted by Gasteiger charge is -2.36. The van der Waals surface area contributed by atoms with E-state index in [9.17, 15) is 0 Å². The lowest BCUT2D eigenvalue weighted by atomic mass is 9.98. The Hall–Kier alpha value is -1.46. The van der Waals surface area contributed by atoms with Crippen molar-refractivity contribution < 1.29 is 0 Å². The van der Waals surface area contributed by atoms with Gasteiger partial charge in [-0.05, 0) is 44.9 Å². The molecule has 5 nitrogen and oxygen atoms in total. The summed E-state index contributed by atoms with van der Waals surface area (Å²) in [6, 6.07) is 8.31. The monoisotopic (exact) mass is 285 g/mol. The number of rotatable bonds is 4. The van der Waals surface area contributed by atoms with Gasteiger partial charge in [0, 0.05) is 37.3 Å². The Morgan fingerprint density at radius 2 is 2.00 bits per heavy atom. The molecule has 2 aromatic rings. The van der Waals surface area contributed by atoms with Crippen LogP contribution in [0.2, 0.25) is 0 Å². The first-order chi connectivity index (χ1) is 10.3. The average Bonchev–Trinajstić information content (AvgIpc) is 2.97. The van der Waals surface area contributed by atoms with Gasteiger partial charge in [-0.25, -0.2) is 0 Å². The second kappa shape index (κ2) is 5.39. The predicted molar refractivity (Wildman–Crippen MR) is 82.3 cm³/mol. The third kappa shape index (κ3) is 2.45. The zero-order chi connectivity index (χ0) is 14.2. The Morgan fingerprint density at radius 3 is 2.81 bits per heavy atom. The van der Waals surface area contributed by atoms with Crippen molar-refractivity contribution in [2.24, 2.45) is 0 Å². The molecule has 5 heteroatoms. The Morgan fingerprint density at radius 1 is 1.19 bits per heavy atom. The molecule has 112 valence electrons. The second-order valence-electron chi connectivity index (χ2n) is 6.47. The third-order valence-electron chi connectivity index (χ3n) is 5.26. The second-order valence-corrected chi connectivity index (χ2v) is 6.47. The Bertz CT molecular complexity index is 608. The lowest BCUT2D eigenvalue weighted by Crippen LogP contribution is -2.47. The minimum absolute atomic E-state index is 0.679. The number of fused-ring (bicyclic) bond motifs is 3. The standard InChI is InChI=1S/C16H23N5/c1-20-13-5-6-14(20)11-12(10-13)17-8-7-16-19-18-15-4-2-3-9-21(15)16/h2-4,9,12-14,17H,5-8,10-11H2,1H3. The van der Waals surface area contributed by atoms with Crippen LogP contribution in [0.5, 0.6) is 0 Å². The summed E-state index contributed by atoms with van der Waals surface area (Å²) in [5.74, 6) is 1.05. The first-order valence-electron chi connectivity index (χ1n) is 8.05. The third-order valence-corrected chi connectivity index (χ3v) is 5.26. The number of pyridine rings is 1. The van der Waals surface area contributed by atoms with E-state index < -0.39 is 0 Å². The van der Waals surface area contributed by atoms with E-state index in [1.165, 1.54) is 25.7 Å². The van der Waals surface area contributed by atoms with Gasteiger partial charge in [-0.3, -0.25) is 4.40 Å². The van der Waals surface area contributed by atoms with Crippen molar-refractivity contribution in [3.05, 3.63) is 30.2 Å². The molecule has 2 bridgehead atoms. The van der Waals surface area contributed by atoms with Gasteiger partial charge in [-0.2, -0.15) is 0 Å². The fourth-order valence-corrected chi connectivity index (χ4v) is 4.03. The molecule has 2 fully saturated rings. The topological polar surface area (TPSA) is 45.5 Å². The lowest BCUT2D eigenvalue weighted by molar-refractivity contribution is 0.149. The molecule has 4 rings (SSSR count). The highest BCUT2D eigenvalue weighted by atomic mass is 15.2. The molecule has 2 aromatic heterocycles. The zero-order valence-corrected chi connectivity index (χ0v) is 12.6. The van der Waals surface area contributed by atoms with E-state index >= 15 is 0 Å². The van der Waals surface area contributed by atoms with Gasteiger partial charge in [-0.15, -0.1) is 10.2 Å². The van der Waals surface area contributed by atoms with E-state index in [0.29, 0.717) is 6.04 Å². The highest BCUT2D eigenvalue weighted by Crippen LogP contribution is 2.34. The van der Waals surface area contributed by atoms with E-state index in [1.807, 2.05) is 24.4 Å². The van der Waals surface area contributed by atoms with Gasteiger partial charge in [0.15, 0.2) is 5.65 Å². The van der Waals surface area contributed by atoms with Crippen LogP contribution in [-0.4, -0.2) is 51.2 Å². The molecule has 0 spiro atoms. The molecular weight excluding hydrogens is 262 g/mol. The van der Waals surface area contributed by atoms with Crippen LogP contribution in [0.4, 0.5) is 0 Å². The maximum absolute atomic E-state index is 4.30. The first kappa shape index (κ1) is 13.2. The van der Waals surface area contributed by atoms with Crippen LogP contribution >= 0.6 is 0 Å². The fourth-order valence-electron chi connectivity index (χ4n) is 4.03. The van der Waals surface area contributed by atoms with Gasteiger partial charge >= 0.3 is 0 Å². The summed E-state index contributed by atoms with van der Waals surface area (Å²) in [5, 5.41) is 12.2. The molecule has 2 atom stereocenters. The minimum Gasteiger partial charge on any atom is -0.313 e. The van der Waals surface area contributed by atoms with Crippen LogP contribution < -0.4 is 5.32 Å². The molecule has 2 saturated heterocycles. The van der Waals surface area contributed by atoms with Crippen LogP contribution in [0.1, 0.15) is 31.5 Å². The van der Waals surface area contributed by atoms with Crippen LogP contribution in [0.15, 0.2) is 24.4 Å². The molecule has 2 aliphatic rings. The Balaban J connectivity index is 1.34. The first-order valence-corrected chi connectivity index (χ1v) is 8.05. The van der Waals surface area contributed by atoms with Crippen molar-refractivity contribution in [2.45, 2.75) is 50.2 Å². The highest BCUT2D eigenvalue weighted by molar-refractivity contribution is 5.36.